The van der Waals surface area contributed by atoms with E-state index in [9.17, 15) is 14.0 Å². The van der Waals surface area contributed by atoms with Gasteiger partial charge in [0, 0.05) is 7.05 Å². The first-order chi connectivity index (χ1) is 15.9. The van der Waals surface area contributed by atoms with Gasteiger partial charge < -0.3 is 19.9 Å². The molecule has 2 aromatic carbocycles. The summed E-state index contributed by atoms with van der Waals surface area (Å²) in [6.45, 7) is 0.0680. The number of benzene rings is 2. The van der Waals surface area contributed by atoms with Crippen LogP contribution in [0.15, 0.2) is 47.6 Å². The number of anilines is 1. The van der Waals surface area contributed by atoms with Crippen molar-refractivity contribution >= 4 is 50.3 Å². The number of carbonyl (C=O) groups is 2. The number of hydrogen-bond acceptors (Lipinski definition) is 8. The fraction of sp³-hybridized carbons (Fsp3) is 0.190. The van der Waals surface area contributed by atoms with E-state index in [1.807, 2.05) is 18.2 Å². The normalized spacial score (nSPS) is 10.9. The molecule has 0 fully saturated rings. The van der Waals surface area contributed by atoms with Crippen LogP contribution in [0.1, 0.15) is 16.2 Å². The molecule has 9 nitrogen and oxygen atoms in total. The largest absolute Gasteiger partial charge is 0.497 e. The minimum absolute atomic E-state index is 0.0424. The third-order valence-corrected chi connectivity index (χ3v) is 6.58. The number of carbonyl (C=O) groups excluding carboxylic acids is 2. The van der Waals surface area contributed by atoms with Gasteiger partial charge in [0.2, 0.25) is 5.91 Å². The van der Waals surface area contributed by atoms with E-state index in [0.29, 0.717) is 16.1 Å². The van der Waals surface area contributed by atoms with Crippen LogP contribution in [0.4, 0.5) is 9.52 Å². The van der Waals surface area contributed by atoms with E-state index in [0.717, 1.165) is 16.0 Å². The Kier molecular flexibility index (Phi) is 6.84. The molecule has 0 spiro atoms. The van der Waals surface area contributed by atoms with Gasteiger partial charge in [0.05, 0.1) is 35.2 Å². The highest BCUT2D eigenvalue weighted by atomic mass is 32.2. The molecule has 2 heterocycles. The van der Waals surface area contributed by atoms with E-state index in [1.165, 1.54) is 41.3 Å². The molecule has 2 N–H and O–H groups in total. The number of nitrogens with one attached hydrogen (secondary N) is 2. The third-order valence-electron chi connectivity index (χ3n) is 4.62. The number of amides is 2. The van der Waals surface area contributed by atoms with Crippen LogP contribution in [0.25, 0.3) is 10.2 Å². The van der Waals surface area contributed by atoms with Crippen LogP contribution in [0.2, 0.25) is 0 Å². The number of hydrogen-bond donors (Lipinski definition) is 2. The second-order valence-electron chi connectivity index (χ2n) is 6.81. The number of halogens is 1. The van der Waals surface area contributed by atoms with Gasteiger partial charge in [-0.2, -0.15) is 0 Å². The molecule has 0 bridgehead atoms. The van der Waals surface area contributed by atoms with Crippen molar-refractivity contribution in [3.8, 4) is 5.75 Å². The standard InChI is InChI=1S/C21H19FN6O3S2/c1-28-17(10-23-19(30)13-5-3-4-6-14(13)22)26-27-21(28)32-11-18(29)25-20-24-15-8-7-12(31-2)9-16(15)33-20/h3-9H,10-11H2,1-2H3,(H,23,30)(H,24,25,29). The molecule has 2 aromatic heterocycles. The molecule has 0 saturated heterocycles. The second-order valence-corrected chi connectivity index (χ2v) is 8.78. The van der Waals surface area contributed by atoms with Crippen molar-refractivity contribution in [1.29, 1.82) is 0 Å². The lowest BCUT2D eigenvalue weighted by atomic mass is 10.2. The Labute approximate surface area is 196 Å². The predicted octanol–water partition coefficient (Wildman–Crippen LogP) is 3.23. The van der Waals surface area contributed by atoms with Crippen LogP contribution in [0.5, 0.6) is 5.75 Å². The SMILES string of the molecule is COc1ccc2nc(NC(=O)CSc3nnc(CNC(=O)c4ccccc4F)n3C)sc2c1. The molecule has 0 aliphatic heterocycles. The molecule has 0 atom stereocenters. The van der Waals surface area contributed by atoms with E-state index in [1.54, 1.807) is 24.8 Å². The Balaban J connectivity index is 1.31. The summed E-state index contributed by atoms with van der Waals surface area (Å²) in [7, 11) is 3.32. The van der Waals surface area contributed by atoms with E-state index in [-0.39, 0.29) is 23.8 Å². The number of aromatic nitrogens is 4. The van der Waals surface area contributed by atoms with Gasteiger partial charge >= 0.3 is 0 Å². The maximum Gasteiger partial charge on any atom is 0.254 e. The average molecular weight is 487 g/mol. The minimum atomic E-state index is -0.595. The van der Waals surface area contributed by atoms with Gasteiger partial charge in [0.1, 0.15) is 11.6 Å². The molecule has 4 aromatic rings. The molecular formula is C21H19FN6O3S2. The number of thiazole rings is 1. The first kappa shape index (κ1) is 22.7. The highest BCUT2D eigenvalue weighted by molar-refractivity contribution is 7.99. The number of ether oxygens (including phenoxy) is 1. The number of fused-ring (bicyclic) bond motifs is 1. The topological polar surface area (TPSA) is 111 Å². The molecule has 4 rings (SSSR count). The van der Waals surface area contributed by atoms with Crippen LogP contribution in [0.3, 0.4) is 0 Å². The van der Waals surface area contributed by atoms with Gasteiger partial charge in [0.15, 0.2) is 16.1 Å². The van der Waals surface area contributed by atoms with E-state index in [2.05, 4.69) is 25.8 Å². The fourth-order valence-corrected chi connectivity index (χ4v) is 4.54. The first-order valence-corrected chi connectivity index (χ1v) is 11.5. The van der Waals surface area contributed by atoms with Gasteiger partial charge in [0.25, 0.3) is 5.91 Å². The number of nitrogens with zero attached hydrogens (tertiary/aromatic N) is 4. The van der Waals surface area contributed by atoms with Crippen molar-refractivity contribution in [1.82, 2.24) is 25.1 Å². The summed E-state index contributed by atoms with van der Waals surface area (Å²) >= 11 is 2.56. The van der Waals surface area contributed by atoms with Crippen molar-refractivity contribution < 1.29 is 18.7 Å². The molecule has 33 heavy (non-hydrogen) atoms. The zero-order valence-corrected chi connectivity index (χ0v) is 19.3. The Hall–Kier alpha value is -3.51. The monoisotopic (exact) mass is 486 g/mol. The number of thioether (sulfide) groups is 1. The summed E-state index contributed by atoms with van der Waals surface area (Å²) in [5.41, 5.74) is 0.735. The zero-order chi connectivity index (χ0) is 23.4. The highest BCUT2D eigenvalue weighted by Crippen LogP contribution is 2.29. The van der Waals surface area contributed by atoms with Gasteiger partial charge in [-0.05, 0) is 30.3 Å². The average Bonchev–Trinajstić information content (AvgIpc) is 3.37. The minimum Gasteiger partial charge on any atom is -0.497 e. The van der Waals surface area contributed by atoms with Gasteiger partial charge in [-0.1, -0.05) is 35.2 Å². The van der Waals surface area contributed by atoms with Crippen molar-refractivity contribution in [3.63, 3.8) is 0 Å². The Bertz CT molecular complexity index is 1320. The van der Waals surface area contributed by atoms with Crippen LogP contribution >= 0.6 is 23.1 Å². The molecular weight excluding hydrogens is 467 g/mol. The molecule has 12 heteroatoms. The maximum atomic E-state index is 13.7. The van der Waals surface area contributed by atoms with Crippen LogP contribution in [-0.2, 0) is 18.4 Å². The van der Waals surface area contributed by atoms with Crippen molar-refractivity contribution in [2.45, 2.75) is 11.7 Å². The molecule has 0 unspecified atom stereocenters. The fourth-order valence-electron chi connectivity index (χ4n) is 2.90. The molecule has 0 aliphatic carbocycles. The third kappa shape index (κ3) is 5.29. The molecule has 170 valence electrons. The van der Waals surface area contributed by atoms with Gasteiger partial charge in [-0.25, -0.2) is 9.37 Å². The molecule has 0 saturated carbocycles. The van der Waals surface area contributed by atoms with Crippen LogP contribution in [-0.4, -0.2) is 44.4 Å². The maximum absolute atomic E-state index is 13.7. The molecule has 0 aliphatic rings. The van der Waals surface area contributed by atoms with Crippen LogP contribution < -0.4 is 15.4 Å². The summed E-state index contributed by atoms with van der Waals surface area (Å²) < 4.78 is 21.5. The lowest BCUT2D eigenvalue weighted by molar-refractivity contribution is -0.113. The summed E-state index contributed by atoms with van der Waals surface area (Å²) in [5.74, 6) is -0.0678. The summed E-state index contributed by atoms with van der Waals surface area (Å²) in [6, 6.07) is 11.2. The highest BCUT2D eigenvalue weighted by Gasteiger charge is 2.15. The Morgan fingerprint density at radius 1 is 1.21 bits per heavy atom. The van der Waals surface area contributed by atoms with Gasteiger partial charge in [-0.3, -0.25) is 9.59 Å². The lowest BCUT2D eigenvalue weighted by Gasteiger charge is -2.06. The van der Waals surface area contributed by atoms with E-state index >= 15 is 0 Å². The Morgan fingerprint density at radius 2 is 2.03 bits per heavy atom. The van der Waals surface area contributed by atoms with Crippen molar-refractivity contribution in [3.05, 3.63) is 59.7 Å². The van der Waals surface area contributed by atoms with Crippen molar-refractivity contribution in [2.24, 2.45) is 7.05 Å². The zero-order valence-electron chi connectivity index (χ0n) is 17.7. The molecule has 0 radical (unpaired) electrons. The summed E-state index contributed by atoms with van der Waals surface area (Å²) in [6.07, 6.45) is 0. The summed E-state index contributed by atoms with van der Waals surface area (Å²) in [4.78, 5) is 28.9. The van der Waals surface area contributed by atoms with Crippen LogP contribution in [0, 0.1) is 5.82 Å². The number of methoxy groups -OCH3 is 1. The molecule has 2 amide bonds. The lowest BCUT2D eigenvalue weighted by Crippen LogP contribution is -2.25. The van der Waals surface area contributed by atoms with Crippen molar-refractivity contribution in [2.75, 3.05) is 18.2 Å². The van der Waals surface area contributed by atoms with E-state index < -0.39 is 11.7 Å². The number of rotatable bonds is 8. The van der Waals surface area contributed by atoms with E-state index in [4.69, 9.17) is 4.74 Å². The Morgan fingerprint density at radius 3 is 2.82 bits per heavy atom. The second kappa shape index (κ2) is 9.96. The summed E-state index contributed by atoms with van der Waals surface area (Å²) in [5, 5.41) is 14.5. The smallest absolute Gasteiger partial charge is 0.254 e. The predicted molar refractivity (Wildman–Crippen MR) is 124 cm³/mol. The van der Waals surface area contributed by atoms with Gasteiger partial charge in [-0.15, -0.1) is 10.2 Å². The first-order valence-electron chi connectivity index (χ1n) is 9.73. The quantitative estimate of drug-likeness (QED) is 0.368.